The average molecular weight is 311 g/mol. The van der Waals surface area contributed by atoms with Gasteiger partial charge in [0.15, 0.2) is 4.90 Å². The summed E-state index contributed by atoms with van der Waals surface area (Å²) in [7, 11) is -4.44. The molecule has 0 radical (unpaired) electrons. The summed E-state index contributed by atoms with van der Waals surface area (Å²) in [5.41, 5.74) is -0.424. The van der Waals surface area contributed by atoms with Crippen molar-refractivity contribution in [2.45, 2.75) is 11.8 Å². The van der Waals surface area contributed by atoms with Gasteiger partial charge < -0.3 is 4.18 Å². The molecule has 2 aromatic rings. The Labute approximate surface area is 120 Å². The van der Waals surface area contributed by atoms with E-state index in [2.05, 4.69) is 0 Å². The van der Waals surface area contributed by atoms with E-state index in [1.807, 2.05) is 0 Å². The number of rotatable bonds is 4. The van der Waals surface area contributed by atoms with Crippen LogP contribution in [0.5, 0.6) is 5.75 Å². The fourth-order valence-corrected chi connectivity index (χ4v) is 3.09. The second-order valence-corrected chi connectivity index (χ2v) is 5.66. The average Bonchev–Trinajstić information content (AvgIpc) is 2.37. The van der Waals surface area contributed by atoms with Crippen molar-refractivity contribution in [1.29, 1.82) is 0 Å². The molecular weight excluding hydrogens is 301 g/mol. The van der Waals surface area contributed by atoms with Gasteiger partial charge in [-0.25, -0.2) is 4.39 Å². The Bertz CT molecular complexity index is 804. The molecule has 0 aromatic heterocycles. The molecule has 0 fully saturated rings. The summed E-state index contributed by atoms with van der Waals surface area (Å²) < 4.78 is 42.2. The minimum atomic E-state index is -4.44. The lowest BCUT2D eigenvalue weighted by atomic mass is 10.2. The first-order valence-electron chi connectivity index (χ1n) is 5.75. The summed E-state index contributed by atoms with van der Waals surface area (Å²) in [5, 5.41) is 11.0. The van der Waals surface area contributed by atoms with E-state index in [-0.39, 0.29) is 11.3 Å². The molecule has 0 heterocycles. The molecule has 110 valence electrons. The number of nitro benzene ring substituents is 1. The number of nitrogens with zero attached hydrogens (tertiary/aromatic N) is 1. The van der Waals surface area contributed by atoms with Crippen LogP contribution >= 0.6 is 0 Å². The van der Waals surface area contributed by atoms with E-state index < -0.39 is 31.4 Å². The summed E-state index contributed by atoms with van der Waals surface area (Å²) >= 11 is 0. The normalized spacial score (nSPS) is 11.1. The molecule has 21 heavy (non-hydrogen) atoms. The third kappa shape index (κ3) is 3.16. The highest BCUT2D eigenvalue weighted by Crippen LogP contribution is 2.29. The van der Waals surface area contributed by atoms with E-state index >= 15 is 0 Å². The lowest BCUT2D eigenvalue weighted by molar-refractivity contribution is -0.388. The van der Waals surface area contributed by atoms with Gasteiger partial charge in [0.1, 0.15) is 11.6 Å². The maximum absolute atomic E-state index is 13.0. The van der Waals surface area contributed by atoms with Gasteiger partial charge in [-0.15, -0.1) is 0 Å². The smallest absolute Gasteiger partial charge is 0.346 e. The lowest BCUT2D eigenvalue weighted by Gasteiger charge is -2.09. The highest BCUT2D eigenvalue weighted by molar-refractivity contribution is 7.87. The van der Waals surface area contributed by atoms with Crippen LogP contribution in [-0.2, 0) is 10.1 Å². The van der Waals surface area contributed by atoms with Crippen LogP contribution in [-0.4, -0.2) is 13.3 Å². The van der Waals surface area contributed by atoms with Crippen molar-refractivity contribution in [1.82, 2.24) is 0 Å². The Hall–Kier alpha value is -2.48. The molecule has 8 heteroatoms. The van der Waals surface area contributed by atoms with E-state index in [1.165, 1.54) is 31.2 Å². The summed E-state index contributed by atoms with van der Waals surface area (Å²) in [5.74, 6) is -0.936. The summed E-state index contributed by atoms with van der Waals surface area (Å²) in [4.78, 5) is 9.60. The van der Waals surface area contributed by atoms with E-state index in [4.69, 9.17) is 4.18 Å². The van der Waals surface area contributed by atoms with Gasteiger partial charge in [0.05, 0.1) is 4.92 Å². The second kappa shape index (κ2) is 5.49. The van der Waals surface area contributed by atoms with Gasteiger partial charge in [-0.05, 0) is 24.6 Å². The molecule has 6 nitrogen and oxygen atoms in total. The number of aryl methyl sites for hydroxylation is 1. The molecule has 0 unspecified atom stereocenters. The first-order valence-corrected chi connectivity index (χ1v) is 7.16. The molecule has 0 aliphatic carbocycles. The number of hydrogen-bond acceptors (Lipinski definition) is 5. The van der Waals surface area contributed by atoms with Crippen molar-refractivity contribution in [3.63, 3.8) is 0 Å². The van der Waals surface area contributed by atoms with Gasteiger partial charge >= 0.3 is 10.1 Å². The maximum atomic E-state index is 13.0. The maximum Gasteiger partial charge on any atom is 0.346 e. The molecule has 0 saturated carbocycles. The van der Waals surface area contributed by atoms with Crippen molar-refractivity contribution in [3.8, 4) is 5.75 Å². The number of benzene rings is 2. The van der Waals surface area contributed by atoms with Crippen molar-refractivity contribution in [3.05, 3.63) is 64.0 Å². The van der Waals surface area contributed by atoms with E-state index in [9.17, 15) is 22.9 Å². The molecule has 2 rings (SSSR count). The van der Waals surface area contributed by atoms with E-state index in [0.29, 0.717) is 0 Å². The first-order chi connectivity index (χ1) is 9.81. The Morgan fingerprint density at radius 3 is 2.48 bits per heavy atom. The standard InChI is InChI=1S/C13H10FNO5S/c1-9-4-2-7-12(15(16)17)13(9)21(18,19)20-11-6-3-5-10(14)8-11/h2-8H,1H3. The van der Waals surface area contributed by atoms with Crippen molar-refractivity contribution in [2.24, 2.45) is 0 Å². The molecular formula is C13H10FNO5S. The van der Waals surface area contributed by atoms with Crippen LogP contribution in [0.2, 0.25) is 0 Å². The summed E-state index contributed by atoms with van der Waals surface area (Å²) in [6.07, 6.45) is 0. The molecule has 0 saturated heterocycles. The first kappa shape index (κ1) is 14.9. The Balaban J connectivity index is 2.52. The van der Waals surface area contributed by atoms with Gasteiger partial charge in [0.2, 0.25) is 0 Å². The molecule has 0 bridgehead atoms. The van der Waals surface area contributed by atoms with Crippen LogP contribution in [0, 0.1) is 22.9 Å². The Morgan fingerprint density at radius 2 is 1.86 bits per heavy atom. The zero-order chi connectivity index (χ0) is 15.6. The number of hydrogen-bond donors (Lipinski definition) is 0. The van der Waals surface area contributed by atoms with E-state index in [0.717, 1.165) is 18.2 Å². The van der Waals surface area contributed by atoms with Gasteiger partial charge in [0, 0.05) is 12.1 Å². The van der Waals surface area contributed by atoms with Crippen LogP contribution in [0.15, 0.2) is 47.4 Å². The lowest BCUT2D eigenvalue weighted by Crippen LogP contribution is -2.13. The molecule has 2 aromatic carbocycles. The van der Waals surface area contributed by atoms with Crippen LogP contribution in [0.1, 0.15) is 5.56 Å². The van der Waals surface area contributed by atoms with Gasteiger partial charge in [-0.3, -0.25) is 10.1 Å². The molecule has 0 spiro atoms. The van der Waals surface area contributed by atoms with Crippen molar-refractivity contribution < 1.29 is 21.9 Å². The molecule has 0 atom stereocenters. The zero-order valence-corrected chi connectivity index (χ0v) is 11.6. The third-order valence-corrected chi connectivity index (χ3v) is 4.08. The van der Waals surface area contributed by atoms with Crippen LogP contribution < -0.4 is 4.18 Å². The zero-order valence-electron chi connectivity index (χ0n) is 10.8. The third-order valence-electron chi connectivity index (χ3n) is 2.64. The quantitative estimate of drug-likeness (QED) is 0.492. The van der Waals surface area contributed by atoms with Gasteiger partial charge in [-0.1, -0.05) is 18.2 Å². The van der Waals surface area contributed by atoms with Gasteiger partial charge in [0.25, 0.3) is 5.69 Å². The van der Waals surface area contributed by atoms with Crippen LogP contribution in [0.25, 0.3) is 0 Å². The molecule has 0 aliphatic heterocycles. The topological polar surface area (TPSA) is 86.5 Å². The minimum absolute atomic E-state index is 0.167. The second-order valence-electron chi connectivity index (χ2n) is 4.18. The van der Waals surface area contributed by atoms with Crippen LogP contribution in [0.4, 0.5) is 10.1 Å². The predicted molar refractivity (Wildman–Crippen MR) is 72.0 cm³/mol. The number of nitro groups is 1. The van der Waals surface area contributed by atoms with Crippen molar-refractivity contribution >= 4 is 15.8 Å². The Kier molecular flexibility index (Phi) is 3.90. The monoisotopic (exact) mass is 311 g/mol. The van der Waals surface area contributed by atoms with E-state index in [1.54, 1.807) is 0 Å². The molecule has 0 aliphatic rings. The highest BCUT2D eigenvalue weighted by Gasteiger charge is 2.29. The fourth-order valence-electron chi connectivity index (χ4n) is 1.79. The predicted octanol–water partition coefficient (Wildman–Crippen LogP) is 2.81. The number of halogens is 1. The largest absolute Gasteiger partial charge is 0.379 e. The Morgan fingerprint density at radius 1 is 1.19 bits per heavy atom. The van der Waals surface area contributed by atoms with Crippen LogP contribution in [0.3, 0.4) is 0 Å². The van der Waals surface area contributed by atoms with Gasteiger partial charge in [-0.2, -0.15) is 8.42 Å². The molecule has 0 amide bonds. The SMILES string of the molecule is Cc1cccc([N+](=O)[O-])c1S(=O)(=O)Oc1cccc(F)c1. The van der Waals surface area contributed by atoms with Crippen molar-refractivity contribution in [2.75, 3.05) is 0 Å². The summed E-state index contributed by atoms with van der Waals surface area (Å²) in [6, 6.07) is 8.35. The molecule has 0 N–H and O–H groups in total. The fraction of sp³-hybridized carbons (Fsp3) is 0.0769. The summed E-state index contributed by atoms with van der Waals surface area (Å²) in [6.45, 7) is 1.41. The highest BCUT2D eigenvalue weighted by atomic mass is 32.2. The minimum Gasteiger partial charge on any atom is -0.379 e.